The molecule has 1 atom stereocenters. The standard InChI is InChI=1S/C15H24N2OS/c1-17(9-7-14-12-19-10-8-16-14)11-13-5-3-4-6-15(13)18-2/h3-6,14,16H,7-12H2,1-2H3. The Bertz CT molecular complexity index is 380. The van der Waals surface area contributed by atoms with E-state index in [0.717, 1.165) is 25.4 Å². The van der Waals surface area contributed by atoms with E-state index in [2.05, 4.69) is 41.2 Å². The van der Waals surface area contributed by atoms with Crippen molar-refractivity contribution in [2.24, 2.45) is 0 Å². The third-order valence-corrected chi connectivity index (χ3v) is 4.62. The van der Waals surface area contributed by atoms with Gasteiger partial charge in [0.1, 0.15) is 5.75 Å². The lowest BCUT2D eigenvalue weighted by Crippen LogP contribution is -2.39. The van der Waals surface area contributed by atoms with Crippen molar-refractivity contribution in [1.82, 2.24) is 10.2 Å². The lowest BCUT2D eigenvalue weighted by molar-refractivity contribution is 0.298. The Morgan fingerprint density at radius 3 is 3.00 bits per heavy atom. The predicted octanol–water partition coefficient (Wildman–Crippen LogP) is 2.22. The minimum Gasteiger partial charge on any atom is -0.496 e. The zero-order valence-corrected chi connectivity index (χ0v) is 12.7. The van der Waals surface area contributed by atoms with Crippen LogP contribution in [0.4, 0.5) is 0 Å². The molecule has 1 saturated heterocycles. The van der Waals surface area contributed by atoms with Crippen molar-refractivity contribution in [3.8, 4) is 5.75 Å². The molecule has 1 fully saturated rings. The van der Waals surface area contributed by atoms with Crippen LogP contribution < -0.4 is 10.1 Å². The molecule has 0 bridgehead atoms. The van der Waals surface area contributed by atoms with Crippen molar-refractivity contribution < 1.29 is 4.74 Å². The molecule has 2 rings (SSSR count). The van der Waals surface area contributed by atoms with Gasteiger partial charge in [0.05, 0.1) is 7.11 Å². The van der Waals surface area contributed by atoms with Gasteiger partial charge in [0.2, 0.25) is 0 Å². The van der Waals surface area contributed by atoms with Crippen LogP contribution in [-0.4, -0.2) is 49.7 Å². The molecule has 1 aromatic rings. The summed E-state index contributed by atoms with van der Waals surface area (Å²) in [5, 5.41) is 3.59. The molecule has 3 nitrogen and oxygen atoms in total. The lowest BCUT2D eigenvalue weighted by Gasteiger charge is -2.26. The number of hydrogen-bond donors (Lipinski definition) is 1. The van der Waals surface area contributed by atoms with E-state index >= 15 is 0 Å². The monoisotopic (exact) mass is 280 g/mol. The maximum Gasteiger partial charge on any atom is 0.123 e. The first kappa shape index (κ1) is 14.7. The first-order chi connectivity index (χ1) is 9.29. The highest BCUT2D eigenvalue weighted by atomic mass is 32.2. The smallest absolute Gasteiger partial charge is 0.123 e. The van der Waals surface area contributed by atoms with E-state index in [1.807, 2.05) is 12.1 Å². The van der Waals surface area contributed by atoms with Crippen molar-refractivity contribution in [1.29, 1.82) is 0 Å². The number of rotatable bonds is 6. The van der Waals surface area contributed by atoms with Crippen LogP contribution in [0.2, 0.25) is 0 Å². The van der Waals surface area contributed by atoms with E-state index in [1.54, 1.807) is 7.11 Å². The third kappa shape index (κ3) is 4.71. The number of thioether (sulfide) groups is 1. The molecular formula is C15H24N2OS. The highest BCUT2D eigenvalue weighted by Gasteiger charge is 2.13. The normalized spacial score (nSPS) is 19.6. The molecule has 1 unspecified atom stereocenters. The molecule has 0 spiro atoms. The van der Waals surface area contributed by atoms with Gasteiger partial charge >= 0.3 is 0 Å². The molecule has 1 aliphatic rings. The SMILES string of the molecule is COc1ccccc1CN(C)CCC1CSCCN1. The molecule has 0 aromatic heterocycles. The number of ether oxygens (including phenoxy) is 1. The van der Waals surface area contributed by atoms with Gasteiger partial charge in [0.25, 0.3) is 0 Å². The van der Waals surface area contributed by atoms with Gasteiger partial charge in [-0.25, -0.2) is 0 Å². The van der Waals surface area contributed by atoms with Crippen molar-refractivity contribution in [2.75, 3.05) is 38.8 Å². The summed E-state index contributed by atoms with van der Waals surface area (Å²) in [4.78, 5) is 2.37. The highest BCUT2D eigenvalue weighted by molar-refractivity contribution is 7.99. The van der Waals surface area contributed by atoms with Crippen LogP contribution in [0.15, 0.2) is 24.3 Å². The molecule has 1 heterocycles. The van der Waals surface area contributed by atoms with E-state index in [-0.39, 0.29) is 0 Å². The third-order valence-electron chi connectivity index (χ3n) is 3.49. The van der Waals surface area contributed by atoms with Gasteiger partial charge in [-0.1, -0.05) is 18.2 Å². The molecule has 4 heteroatoms. The van der Waals surface area contributed by atoms with Crippen LogP contribution in [0, 0.1) is 0 Å². The van der Waals surface area contributed by atoms with Crippen molar-refractivity contribution in [3.05, 3.63) is 29.8 Å². The maximum absolute atomic E-state index is 5.40. The minimum absolute atomic E-state index is 0.680. The van der Waals surface area contributed by atoms with E-state index in [9.17, 15) is 0 Å². The molecule has 1 N–H and O–H groups in total. The number of nitrogens with zero attached hydrogens (tertiary/aromatic N) is 1. The van der Waals surface area contributed by atoms with Crippen LogP contribution in [0.1, 0.15) is 12.0 Å². The molecule has 0 saturated carbocycles. The summed E-state index contributed by atoms with van der Waals surface area (Å²) in [5.41, 5.74) is 1.26. The van der Waals surface area contributed by atoms with Gasteiger partial charge in [-0.05, 0) is 26.1 Å². The van der Waals surface area contributed by atoms with Gasteiger partial charge < -0.3 is 15.0 Å². The lowest BCUT2D eigenvalue weighted by atomic mass is 10.1. The number of para-hydroxylation sites is 1. The fraction of sp³-hybridized carbons (Fsp3) is 0.600. The van der Waals surface area contributed by atoms with Crippen LogP contribution in [0.5, 0.6) is 5.75 Å². The quantitative estimate of drug-likeness (QED) is 0.863. The van der Waals surface area contributed by atoms with Crippen LogP contribution in [0.25, 0.3) is 0 Å². The first-order valence-electron chi connectivity index (χ1n) is 6.91. The molecular weight excluding hydrogens is 256 g/mol. The molecule has 0 amide bonds. The zero-order chi connectivity index (χ0) is 13.5. The average molecular weight is 280 g/mol. The highest BCUT2D eigenvalue weighted by Crippen LogP contribution is 2.19. The second-order valence-electron chi connectivity index (χ2n) is 5.06. The molecule has 0 radical (unpaired) electrons. The van der Waals surface area contributed by atoms with E-state index < -0.39 is 0 Å². The Labute approximate surface area is 120 Å². The maximum atomic E-state index is 5.40. The van der Waals surface area contributed by atoms with Gasteiger partial charge in [-0.3, -0.25) is 0 Å². The summed E-state index contributed by atoms with van der Waals surface area (Å²) in [6.07, 6.45) is 1.22. The molecule has 1 aliphatic heterocycles. The summed E-state index contributed by atoms with van der Waals surface area (Å²) in [6, 6.07) is 8.95. The van der Waals surface area contributed by atoms with Gasteiger partial charge in [0, 0.05) is 36.2 Å². The molecule has 106 valence electrons. The Hall–Kier alpha value is -0.710. The van der Waals surface area contributed by atoms with Crippen molar-refractivity contribution in [2.45, 2.75) is 19.0 Å². The summed E-state index contributed by atoms with van der Waals surface area (Å²) >= 11 is 2.06. The minimum atomic E-state index is 0.680. The predicted molar refractivity (Wildman–Crippen MR) is 83.1 cm³/mol. The van der Waals surface area contributed by atoms with Gasteiger partial charge in [-0.15, -0.1) is 0 Å². The van der Waals surface area contributed by atoms with E-state index in [4.69, 9.17) is 4.74 Å². The Balaban J connectivity index is 1.78. The Kier molecular flexibility index (Phi) is 6.01. The van der Waals surface area contributed by atoms with Crippen molar-refractivity contribution in [3.63, 3.8) is 0 Å². The number of nitrogens with one attached hydrogen (secondary N) is 1. The summed E-state index contributed by atoms with van der Waals surface area (Å²) < 4.78 is 5.40. The van der Waals surface area contributed by atoms with Crippen LogP contribution >= 0.6 is 11.8 Å². The van der Waals surface area contributed by atoms with Gasteiger partial charge in [-0.2, -0.15) is 11.8 Å². The second kappa shape index (κ2) is 7.78. The Morgan fingerprint density at radius 1 is 1.42 bits per heavy atom. The summed E-state index contributed by atoms with van der Waals surface area (Å²) in [6.45, 7) is 3.23. The number of methoxy groups -OCH3 is 1. The molecule has 1 aromatic carbocycles. The van der Waals surface area contributed by atoms with E-state index in [0.29, 0.717) is 6.04 Å². The fourth-order valence-electron chi connectivity index (χ4n) is 2.38. The average Bonchev–Trinajstić information content (AvgIpc) is 2.47. The molecule has 19 heavy (non-hydrogen) atoms. The zero-order valence-electron chi connectivity index (χ0n) is 11.9. The topological polar surface area (TPSA) is 24.5 Å². The second-order valence-corrected chi connectivity index (χ2v) is 6.21. The summed E-state index contributed by atoms with van der Waals surface area (Å²) in [7, 11) is 3.92. The Morgan fingerprint density at radius 2 is 2.26 bits per heavy atom. The number of benzene rings is 1. The largest absolute Gasteiger partial charge is 0.496 e. The van der Waals surface area contributed by atoms with Crippen molar-refractivity contribution >= 4 is 11.8 Å². The first-order valence-corrected chi connectivity index (χ1v) is 8.06. The van der Waals surface area contributed by atoms with Crippen LogP contribution in [-0.2, 0) is 6.54 Å². The van der Waals surface area contributed by atoms with Gasteiger partial charge in [0.15, 0.2) is 0 Å². The van der Waals surface area contributed by atoms with Crippen LogP contribution in [0.3, 0.4) is 0 Å². The number of hydrogen-bond acceptors (Lipinski definition) is 4. The fourth-order valence-corrected chi connectivity index (χ4v) is 3.38. The molecule has 0 aliphatic carbocycles. The summed E-state index contributed by atoms with van der Waals surface area (Å²) in [5.74, 6) is 3.50. The van der Waals surface area contributed by atoms with E-state index in [1.165, 1.54) is 23.5 Å².